The van der Waals surface area contributed by atoms with Crippen LogP contribution in [0, 0.1) is 11.3 Å². The minimum absolute atomic E-state index is 0.0269. The van der Waals surface area contributed by atoms with E-state index in [2.05, 4.69) is 11.4 Å². The van der Waals surface area contributed by atoms with Gasteiger partial charge in [0.25, 0.3) is 0 Å². The van der Waals surface area contributed by atoms with Crippen LogP contribution in [0.4, 0.5) is 5.69 Å². The summed E-state index contributed by atoms with van der Waals surface area (Å²) >= 11 is 0. The fraction of sp³-hybridized carbons (Fsp3) is 0.600. The zero-order valence-electron chi connectivity index (χ0n) is 14.8. The van der Waals surface area contributed by atoms with E-state index < -0.39 is 5.41 Å². The largest absolute Gasteiger partial charge is 0.358 e. The van der Waals surface area contributed by atoms with Gasteiger partial charge in [-0.25, -0.2) is 0 Å². The summed E-state index contributed by atoms with van der Waals surface area (Å²) in [5, 5.41) is 2.76. The molecular formula is C20H28N2O2. The molecule has 1 atom stereocenters. The molecule has 0 radical (unpaired) electrons. The fourth-order valence-corrected chi connectivity index (χ4v) is 4.42. The van der Waals surface area contributed by atoms with Crippen molar-refractivity contribution in [2.45, 2.75) is 51.9 Å². The lowest BCUT2D eigenvalue weighted by Crippen LogP contribution is -2.55. The number of carbonyl (C=O) groups excluding carboxylic acids is 2. The van der Waals surface area contributed by atoms with Crippen molar-refractivity contribution in [1.82, 2.24) is 5.32 Å². The van der Waals surface area contributed by atoms with Crippen LogP contribution in [-0.4, -0.2) is 25.4 Å². The molecule has 0 saturated heterocycles. The molecule has 1 aliphatic heterocycles. The number of hydrogen-bond acceptors (Lipinski definition) is 2. The number of carbonyl (C=O) groups is 2. The lowest BCUT2D eigenvalue weighted by molar-refractivity contribution is -0.145. The second kappa shape index (κ2) is 6.96. The Labute approximate surface area is 144 Å². The Morgan fingerprint density at radius 1 is 1.12 bits per heavy atom. The summed E-state index contributed by atoms with van der Waals surface area (Å²) in [6.07, 6.45) is 7.32. The lowest BCUT2D eigenvalue weighted by atomic mass is 9.68. The number of amides is 2. The molecule has 24 heavy (non-hydrogen) atoms. The van der Waals surface area contributed by atoms with Gasteiger partial charge in [-0.1, -0.05) is 37.5 Å². The Morgan fingerprint density at radius 3 is 2.54 bits per heavy atom. The summed E-state index contributed by atoms with van der Waals surface area (Å²) in [4.78, 5) is 28.2. The van der Waals surface area contributed by atoms with Crippen molar-refractivity contribution in [2.24, 2.45) is 11.3 Å². The maximum Gasteiger partial charge on any atom is 0.242 e. The molecule has 0 bridgehead atoms. The fourth-order valence-electron chi connectivity index (χ4n) is 4.42. The minimum Gasteiger partial charge on any atom is -0.358 e. The average Bonchev–Trinajstić information content (AvgIpc) is 2.66. The number of anilines is 1. The normalized spacial score (nSPS) is 20.8. The van der Waals surface area contributed by atoms with Gasteiger partial charge in [0.2, 0.25) is 11.8 Å². The minimum atomic E-state index is -0.973. The van der Waals surface area contributed by atoms with E-state index in [-0.39, 0.29) is 17.7 Å². The number of fused-ring (bicyclic) bond motifs is 1. The van der Waals surface area contributed by atoms with Crippen LogP contribution in [0.1, 0.15) is 51.0 Å². The van der Waals surface area contributed by atoms with E-state index in [0.717, 1.165) is 44.2 Å². The van der Waals surface area contributed by atoms with Gasteiger partial charge in [0.05, 0.1) is 0 Å². The standard InChI is InChI=1S/C20H28N2O2/c1-20(18(23)21-2,16-11-4-3-5-12-16)19(24)22-14-8-10-15-9-6-7-13-17(15)22/h6-7,9,13,16H,3-5,8,10-12,14H2,1-2H3,(H,21,23). The molecule has 1 unspecified atom stereocenters. The first kappa shape index (κ1) is 17.0. The second-order valence-corrected chi connectivity index (χ2v) is 7.31. The predicted molar refractivity (Wildman–Crippen MR) is 95.9 cm³/mol. The Balaban J connectivity index is 1.96. The first-order valence-corrected chi connectivity index (χ1v) is 9.21. The summed E-state index contributed by atoms with van der Waals surface area (Å²) < 4.78 is 0. The Bertz CT molecular complexity index is 622. The maximum absolute atomic E-state index is 13.5. The van der Waals surface area contributed by atoms with Crippen LogP contribution in [0.25, 0.3) is 0 Å². The molecule has 1 fully saturated rings. The summed E-state index contributed by atoms with van der Waals surface area (Å²) in [5.41, 5.74) is 1.22. The molecule has 130 valence electrons. The first-order chi connectivity index (χ1) is 11.6. The van der Waals surface area contributed by atoms with E-state index in [1.165, 1.54) is 12.0 Å². The van der Waals surface area contributed by atoms with E-state index >= 15 is 0 Å². The third-order valence-corrected chi connectivity index (χ3v) is 5.92. The Morgan fingerprint density at radius 2 is 1.83 bits per heavy atom. The smallest absolute Gasteiger partial charge is 0.242 e. The number of rotatable bonds is 3. The Hall–Kier alpha value is -1.84. The van der Waals surface area contributed by atoms with Crippen molar-refractivity contribution in [3.8, 4) is 0 Å². The quantitative estimate of drug-likeness (QED) is 0.866. The zero-order chi connectivity index (χ0) is 17.2. The highest BCUT2D eigenvalue weighted by molar-refractivity contribution is 6.12. The van der Waals surface area contributed by atoms with Crippen LogP contribution >= 0.6 is 0 Å². The van der Waals surface area contributed by atoms with Crippen molar-refractivity contribution in [3.63, 3.8) is 0 Å². The highest BCUT2D eigenvalue weighted by Crippen LogP contribution is 2.42. The number of benzene rings is 1. The summed E-state index contributed by atoms with van der Waals surface area (Å²) in [5.74, 6) is -0.0313. The molecule has 2 amide bonds. The van der Waals surface area contributed by atoms with Gasteiger partial charge in [0, 0.05) is 19.3 Å². The van der Waals surface area contributed by atoms with Gasteiger partial charge in [-0.15, -0.1) is 0 Å². The van der Waals surface area contributed by atoms with E-state index in [1.807, 2.05) is 30.0 Å². The Kier molecular flexibility index (Phi) is 4.93. The van der Waals surface area contributed by atoms with Crippen LogP contribution in [0.5, 0.6) is 0 Å². The summed E-state index contributed by atoms with van der Waals surface area (Å²) in [7, 11) is 1.64. The van der Waals surface area contributed by atoms with Crippen LogP contribution < -0.4 is 10.2 Å². The lowest BCUT2D eigenvalue weighted by Gasteiger charge is -2.41. The van der Waals surface area contributed by atoms with Crippen molar-refractivity contribution >= 4 is 17.5 Å². The molecule has 0 spiro atoms. The second-order valence-electron chi connectivity index (χ2n) is 7.31. The van der Waals surface area contributed by atoms with Crippen molar-refractivity contribution in [3.05, 3.63) is 29.8 Å². The number of nitrogens with one attached hydrogen (secondary N) is 1. The van der Waals surface area contributed by atoms with E-state index in [9.17, 15) is 9.59 Å². The van der Waals surface area contributed by atoms with E-state index in [4.69, 9.17) is 0 Å². The molecule has 1 aliphatic carbocycles. The first-order valence-electron chi connectivity index (χ1n) is 9.21. The van der Waals surface area contributed by atoms with E-state index in [0.29, 0.717) is 6.54 Å². The number of aryl methyl sites for hydroxylation is 1. The number of hydrogen-bond donors (Lipinski definition) is 1. The molecule has 2 aliphatic rings. The zero-order valence-corrected chi connectivity index (χ0v) is 14.8. The van der Waals surface area contributed by atoms with Gasteiger partial charge in [-0.05, 0) is 50.2 Å². The SMILES string of the molecule is CNC(=O)C(C)(C(=O)N1CCCc2ccccc21)C1CCCCC1. The molecule has 0 aromatic heterocycles. The third-order valence-electron chi connectivity index (χ3n) is 5.92. The van der Waals surface area contributed by atoms with Crippen molar-refractivity contribution < 1.29 is 9.59 Å². The van der Waals surface area contributed by atoms with Crippen molar-refractivity contribution in [1.29, 1.82) is 0 Å². The highest BCUT2D eigenvalue weighted by Gasteiger charge is 2.50. The van der Waals surface area contributed by atoms with Gasteiger partial charge in [0.1, 0.15) is 5.41 Å². The topological polar surface area (TPSA) is 49.4 Å². The molecule has 1 saturated carbocycles. The van der Waals surface area contributed by atoms with Crippen LogP contribution in [0.15, 0.2) is 24.3 Å². The molecule has 1 aromatic carbocycles. The van der Waals surface area contributed by atoms with Crippen LogP contribution in [0.3, 0.4) is 0 Å². The molecule has 3 rings (SSSR count). The van der Waals surface area contributed by atoms with Gasteiger partial charge in [0.15, 0.2) is 0 Å². The molecule has 4 nitrogen and oxygen atoms in total. The molecule has 1 N–H and O–H groups in total. The summed E-state index contributed by atoms with van der Waals surface area (Å²) in [6.45, 7) is 2.57. The van der Waals surface area contributed by atoms with Gasteiger partial charge < -0.3 is 10.2 Å². The molecular weight excluding hydrogens is 300 g/mol. The summed E-state index contributed by atoms with van der Waals surface area (Å²) in [6, 6.07) is 8.10. The number of nitrogens with zero attached hydrogens (tertiary/aromatic N) is 1. The molecule has 1 aromatic rings. The number of para-hydroxylation sites is 1. The predicted octanol–water partition coefficient (Wildman–Crippen LogP) is 3.30. The van der Waals surface area contributed by atoms with Gasteiger partial charge >= 0.3 is 0 Å². The average molecular weight is 328 g/mol. The highest BCUT2D eigenvalue weighted by atomic mass is 16.2. The van der Waals surface area contributed by atoms with Crippen molar-refractivity contribution in [2.75, 3.05) is 18.5 Å². The van der Waals surface area contributed by atoms with Gasteiger partial charge in [-0.2, -0.15) is 0 Å². The maximum atomic E-state index is 13.5. The van der Waals surface area contributed by atoms with Crippen LogP contribution in [-0.2, 0) is 16.0 Å². The molecule has 4 heteroatoms. The van der Waals surface area contributed by atoms with Gasteiger partial charge in [-0.3, -0.25) is 9.59 Å². The monoisotopic (exact) mass is 328 g/mol. The third kappa shape index (κ3) is 2.83. The van der Waals surface area contributed by atoms with E-state index in [1.54, 1.807) is 7.05 Å². The van der Waals surface area contributed by atoms with Crippen LogP contribution in [0.2, 0.25) is 0 Å². The molecule has 1 heterocycles.